The Labute approximate surface area is 175 Å². The van der Waals surface area contributed by atoms with Crippen LogP contribution in [-0.2, 0) is 0 Å². The molecule has 0 aliphatic carbocycles. The fourth-order valence-corrected chi connectivity index (χ4v) is 4.13. The maximum absolute atomic E-state index is 13.5. The maximum Gasteiger partial charge on any atom is 0.290 e. The summed E-state index contributed by atoms with van der Waals surface area (Å²) in [6.07, 6.45) is 0. The number of rotatable bonds is 7. The molecule has 6 nitrogen and oxygen atoms in total. The van der Waals surface area contributed by atoms with Crippen molar-refractivity contribution < 1.29 is 13.9 Å². The molecule has 1 aromatic heterocycles. The number of carbonyl (C=O) groups excluding carboxylic acids is 1. The molecule has 30 heavy (non-hydrogen) atoms. The van der Waals surface area contributed by atoms with Crippen molar-refractivity contribution in [1.82, 2.24) is 9.80 Å². The van der Waals surface area contributed by atoms with Crippen LogP contribution >= 0.6 is 0 Å². The first-order valence-corrected chi connectivity index (χ1v) is 10.3. The third-order valence-electron chi connectivity index (χ3n) is 5.84. The summed E-state index contributed by atoms with van der Waals surface area (Å²) >= 11 is 0. The summed E-state index contributed by atoms with van der Waals surface area (Å²) in [5.74, 6) is 0.469. The highest BCUT2D eigenvalue weighted by Crippen LogP contribution is 2.38. The molecule has 0 spiro atoms. The van der Waals surface area contributed by atoms with Crippen molar-refractivity contribution >= 4 is 16.9 Å². The number of fused-ring (bicyclic) bond motifs is 2. The van der Waals surface area contributed by atoms with Crippen molar-refractivity contribution in [2.75, 3.05) is 33.3 Å². The number of benzene rings is 2. The van der Waals surface area contributed by atoms with Gasteiger partial charge in [0.1, 0.15) is 11.3 Å². The van der Waals surface area contributed by atoms with Gasteiger partial charge in [-0.05, 0) is 30.8 Å². The normalized spacial score (nSPS) is 15.8. The van der Waals surface area contributed by atoms with Gasteiger partial charge in [-0.15, -0.1) is 0 Å². The van der Waals surface area contributed by atoms with Gasteiger partial charge in [-0.25, -0.2) is 0 Å². The highest BCUT2D eigenvalue weighted by molar-refractivity contribution is 5.99. The largest absolute Gasteiger partial charge is 0.497 e. The molecule has 4 rings (SSSR count). The predicted octanol–water partition coefficient (Wildman–Crippen LogP) is 3.69. The Kier molecular flexibility index (Phi) is 5.59. The molecule has 0 fully saturated rings. The van der Waals surface area contributed by atoms with Gasteiger partial charge in [0.25, 0.3) is 5.91 Å². The number of nitrogens with zero attached hydrogens (tertiary/aromatic N) is 2. The van der Waals surface area contributed by atoms with Crippen LogP contribution in [0.2, 0.25) is 0 Å². The molecule has 0 saturated heterocycles. The average molecular weight is 406 g/mol. The van der Waals surface area contributed by atoms with Crippen molar-refractivity contribution in [3.05, 3.63) is 75.6 Å². The number of likely N-dealkylation sites (N-methyl/N-ethyl adjacent to an activating group) is 1. The predicted molar refractivity (Wildman–Crippen MR) is 116 cm³/mol. The first kappa shape index (κ1) is 20.2. The molecular formula is C24H26N2O4. The van der Waals surface area contributed by atoms with Crippen molar-refractivity contribution in [2.24, 2.45) is 0 Å². The van der Waals surface area contributed by atoms with Gasteiger partial charge in [0.2, 0.25) is 5.76 Å². The summed E-state index contributed by atoms with van der Waals surface area (Å²) in [6.45, 7) is 7.26. The molecule has 0 saturated carbocycles. The molecule has 1 aliphatic heterocycles. The second-order valence-electron chi connectivity index (χ2n) is 7.37. The number of methoxy groups -OCH3 is 1. The zero-order valence-corrected chi connectivity index (χ0v) is 17.6. The number of carbonyl (C=O) groups is 1. The van der Waals surface area contributed by atoms with Gasteiger partial charge < -0.3 is 19.0 Å². The van der Waals surface area contributed by atoms with Crippen molar-refractivity contribution in [1.29, 1.82) is 0 Å². The van der Waals surface area contributed by atoms with Crippen LogP contribution in [0, 0.1) is 0 Å². The second-order valence-corrected chi connectivity index (χ2v) is 7.37. The fourth-order valence-electron chi connectivity index (χ4n) is 4.13. The maximum atomic E-state index is 13.5. The SMILES string of the molecule is CCN(CC)CCN1C(=O)c2oc3cc(OC)ccc3c(=O)c2[C@@H]1c1ccccc1. The van der Waals surface area contributed by atoms with E-state index >= 15 is 0 Å². The van der Waals surface area contributed by atoms with Crippen LogP contribution < -0.4 is 10.2 Å². The Bertz CT molecular complexity index is 1120. The van der Waals surface area contributed by atoms with Crippen LogP contribution in [0.25, 0.3) is 11.0 Å². The number of hydrogen-bond acceptors (Lipinski definition) is 5. The zero-order chi connectivity index (χ0) is 21.3. The van der Waals surface area contributed by atoms with E-state index in [1.165, 1.54) is 0 Å². The van der Waals surface area contributed by atoms with E-state index in [2.05, 4.69) is 18.7 Å². The van der Waals surface area contributed by atoms with E-state index in [4.69, 9.17) is 9.15 Å². The Morgan fingerprint density at radius 3 is 2.47 bits per heavy atom. The van der Waals surface area contributed by atoms with E-state index in [0.29, 0.717) is 28.8 Å². The van der Waals surface area contributed by atoms with Gasteiger partial charge >= 0.3 is 0 Å². The minimum Gasteiger partial charge on any atom is -0.497 e. The van der Waals surface area contributed by atoms with Crippen LogP contribution in [-0.4, -0.2) is 49.0 Å². The van der Waals surface area contributed by atoms with Crippen molar-refractivity contribution in [2.45, 2.75) is 19.9 Å². The molecule has 1 atom stereocenters. The Balaban J connectivity index is 1.86. The van der Waals surface area contributed by atoms with Crippen LogP contribution in [0.5, 0.6) is 5.75 Å². The molecule has 6 heteroatoms. The third-order valence-corrected chi connectivity index (χ3v) is 5.84. The summed E-state index contributed by atoms with van der Waals surface area (Å²) in [4.78, 5) is 30.8. The van der Waals surface area contributed by atoms with Crippen LogP contribution in [0.4, 0.5) is 0 Å². The summed E-state index contributed by atoms with van der Waals surface area (Å²) in [5, 5.41) is 0.453. The van der Waals surface area contributed by atoms with Crippen LogP contribution in [0.3, 0.4) is 0 Å². The highest BCUT2D eigenvalue weighted by atomic mass is 16.5. The minimum atomic E-state index is -0.452. The number of hydrogen-bond donors (Lipinski definition) is 0. The van der Waals surface area contributed by atoms with Gasteiger partial charge in [-0.1, -0.05) is 44.2 Å². The molecule has 2 aromatic carbocycles. The quantitative estimate of drug-likeness (QED) is 0.599. The molecule has 0 radical (unpaired) electrons. The van der Waals surface area contributed by atoms with E-state index in [1.807, 2.05) is 30.3 Å². The third kappa shape index (κ3) is 3.37. The van der Waals surface area contributed by atoms with E-state index in [1.54, 1.807) is 30.2 Å². The Morgan fingerprint density at radius 2 is 1.80 bits per heavy atom. The van der Waals surface area contributed by atoms with Crippen LogP contribution in [0.15, 0.2) is 57.7 Å². The van der Waals surface area contributed by atoms with Gasteiger partial charge in [0.05, 0.1) is 24.1 Å². The van der Waals surface area contributed by atoms with Gasteiger partial charge in [-0.2, -0.15) is 0 Å². The first-order valence-electron chi connectivity index (χ1n) is 10.3. The lowest BCUT2D eigenvalue weighted by Crippen LogP contribution is -2.37. The van der Waals surface area contributed by atoms with E-state index < -0.39 is 6.04 Å². The lowest BCUT2D eigenvalue weighted by Gasteiger charge is -2.28. The van der Waals surface area contributed by atoms with Gasteiger partial charge in [-0.3, -0.25) is 9.59 Å². The average Bonchev–Trinajstić information content (AvgIpc) is 3.06. The van der Waals surface area contributed by atoms with Crippen molar-refractivity contribution in [3.63, 3.8) is 0 Å². The lowest BCUT2D eigenvalue weighted by atomic mass is 9.98. The molecule has 1 amide bonds. The lowest BCUT2D eigenvalue weighted by molar-refractivity contribution is 0.0708. The van der Waals surface area contributed by atoms with Crippen LogP contribution in [0.1, 0.15) is 41.6 Å². The highest BCUT2D eigenvalue weighted by Gasteiger charge is 2.42. The molecular weight excluding hydrogens is 380 g/mol. The summed E-state index contributed by atoms with van der Waals surface area (Å²) in [5.41, 5.74) is 1.53. The first-order chi connectivity index (χ1) is 14.6. The fraction of sp³-hybridized carbons (Fsp3) is 0.333. The molecule has 3 aromatic rings. The summed E-state index contributed by atoms with van der Waals surface area (Å²) in [6, 6.07) is 14.3. The molecule has 156 valence electrons. The monoisotopic (exact) mass is 406 g/mol. The summed E-state index contributed by atoms with van der Waals surface area (Å²) < 4.78 is 11.2. The van der Waals surface area contributed by atoms with E-state index in [0.717, 1.165) is 25.2 Å². The molecule has 0 bridgehead atoms. The minimum absolute atomic E-state index is 0.133. The van der Waals surface area contributed by atoms with Gasteiger partial charge in [0, 0.05) is 19.2 Å². The smallest absolute Gasteiger partial charge is 0.290 e. The standard InChI is InChI=1S/C24H26N2O4/c1-4-25(5-2)13-14-26-21(16-9-7-6-8-10-16)20-22(27)18-12-11-17(29-3)15-19(18)30-23(20)24(26)28/h6-12,15,21H,4-5,13-14H2,1-3H3/t21-/m0/s1. The van der Waals surface area contributed by atoms with E-state index in [9.17, 15) is 9.59 Å². The second kappa shape index (κ2) is 8.32. The molecule has 2 heterocycles. The zero-order valence-electron chi connectivity index (χ0n) is 17.6. The summed E-state index contributed by atoms with van der Waals surface area (Å²) in [7, 11) is 1.55. The molecule has 0 unspecified atom stereocenters. The topological polar surface area (TPSA) is 63.0 Å². The molecule has 1 aliphatic rings. The molecule has 0 N–H and O–H groups in total. The Hall–Kier alpha value is -3.12. The van der Waals surface area contributed by atoms with E-state index in [-0.39, 0.29) is 17.1 Å². The van der Waals surface area contributed by atoms with Crippen molar-refractivity contribution in [3.8, 4) is 5.75 Å². The van der Waals surface area contributed by atoms with Gasteiger partial charge in [0.15, 0.2) is 5.43 Å². The Morgan fingerprint density at radius 1 is 1.07 bits per heavy atom. The number of amides is 1. The number of ether oxygens (including phenoxy) is 1.